The largest absolute Gasteiger partial charge is 0.507 e. The molecule has 5 N–H and O–H groups in total. The van der Waals surface area contributed by atoms with Crippen LogP contribution in [0.25, 0.3) is 0 Å². The number of nitrogens with zero attached hydrogens (tertiary/aromatic N) is 1. The molecule has 1 aromatic carbocycles. The number of hydrogen-bond acceptors (Lipinski definition) is 5. The van der Waals surface area contributed by atoms with E-state index in [4.69, 9.17) is 5.73 Å². The van der Waals surface area contributed by atoms with Gasteiger partial charge in [0.05, 0.1) is 11.7 Å². The highest BCUT2D eigenvalue weighted by molar-refractivity contribution is 5.99. The van der Waals surface area contributed by atoms with Crippen molar-refractivity contribution in [3.8, 4) is 11.5 Å². The number of nitrogen functional groups attached to an aromatic ring is 1. The lowest BCUT2D eigenvalue weighted by molar-refractivity contribution is 0.0928. The van der Waals surface area contributed by atoms with Crippen LogP contribution >= 0.6 is 0 Å². The molecule has 1 aromatic heterocycles. The van der Waals surface area contributed by atoms with E-state index in [0.717, 1.165) is 12.0 Å². The van der Waals surface area contributed by atoms with E-state index in [2.05, 4.69) is 10.3 Å². The van der Waals surface area contributed by atoms with Crippen LogP contribution in [0.1, 0.15) is 47.4 Å². The molecule has 1 amide bonds. The molecule has 0 aliphatic rings. The molecule has 0 aliphatic carbocycles. The first-order valence-corrected chi connectivity index (χ1v) is 7.48. The average molecular weight is 315 g/mol. The molecule has 2 rings (SSSR count). The van der Waals surface area contributed by atoms with Gasteiger partial charge in [-0.2, -0.15) is 0 Å². The van der Waals surface area contributed by atoms with E-state index in [1.54, 1.807) is 6.07 Å². The number of aromatic nitrogens is 1. The Labute approximate surface area is 135 Å². The maximum absolute atomic E-state index is 12.4. The SMILES string of the molecule is CCCC(NC(=O)c1c(O)cccc1O)c1cc(C)cc(N)n1. The van der Waals surface area contributed by atoms with Gasteiger partial charge in [0, 0.05) is 0 Å². The second kappa shape index (κ2) is 7.00. The molecule has 2 aromatic rings. The summed E-state index contributed by atoms with van der Waals surface area (Å²) in [6.07, 6.45) is 1.49. The summed E-state index contributed by atoms with van der Waals surface area (Å²) < 4.78 is 0. The van der Waals surface area contributed by atoms with E-state index >= 15 is 0 Å². The summed E-state index contributed by atoms with van der Waals surface area (Å²) in [6, 6.07) is 7.44. The number of benzene rings is 1. The Hall–Kier alpha value is -2.76. The normalized spacial score (nSPS) is 11.9. The van der Waals surface area contributed by atoms with Crippen molar-refractivity contribution >= 4 is 11.7 Å². The van der Waals surface area contributed by atoms with E-state index in [1.807, 2.05) is 19.9 Å². The molecule has 0 bridgehead atoms. The van der Waals surface area contributed by atoms with Crippen LogP contribution in [0.2, 0.25) is 0 Å². The Balaban J connectivity index is 2.30. The van der Waals surface area contributed by atoms with Gasteiger partial charge in [-0.1, -0.05) is 19.4 Å². The first-order chi connectivity index (χ1) is 10.9. The number of phenols is 2. The third-order valence-electron chi connectivity index (χ3n) is 3.50. The third kappa shape index (κ3) is 3.91. The standard InChI is InChI=1S/C17H21N3O3/c1-3-5-11(12-8-10(2)9-15(18)19-12)20-17(23)16-13(21)6-4-7-14(16)22/h4,6-9,11,21-22H,3,5H2,1-2H3,(H2,18,19)(H,20,23). The van der Waals surface area contributed by atoms with Crippen LogP contribution < -0.4 is 11.1 Å². The zero-order valence-electron chi connectivity index (χ0n) is 13.2. The van der Waals surface area contributed by atoms with Gasteiger partial charge in [-0.15, -0.1) is 0 Å². The predicted molar refractivity (Wildman–Crippen MR) is 88.3 cm³/mol. The second-order valence-electron chi connectivity index (χ2n) is 5.48. The van der Waals surface area contributed by atoms with E-state index in [-0.39, 0.29) is 23.1 Å². The van der Waals surface area contributed by atoms with Crippen LogP contribution in [-0.2, 0) is 0 Å². The molecule has 0 radical (unpaired) electrons. The van der Waals surface area contributed by atoms with Crippen molar-refractivity contribution in [3.63, 3.8) is 0 Å². The molecule has 6 heteroatoms. The minimum Gasteiger partial charge on any atom is -0.507 e. The minimum absolute atomic E-state index is 0.144. The lowest BCUT2D eigenvalue weighted by Crippen LogP contribution is -2.29. The van der Waals surface area contributed by atoms with Gasteiger partial charge in [-0.05, 0) is 43.2 Å². The van der Waals surface area contributed by atoms with Crippen LogP contribution in [0.3, 0.4) is 0 Å². The fourth-order valence-corrected chi connectivity index (χ4v) is 2.47. The number of hydrogen-bond donors (Lipinski definition) is 4. The Bertz CT molecular complexity index is 676. The van der Waals surface area contributed by atoms with Crippen molar-refractivity contribution in [2.24, 2.45) is 0 Å². The van der Waals surface area contributed by atoms with Gasteiger partial charge in [-0.25, -0.2) is 4.98 Å². The highest BCUT2D eigenvalue weighted by atomic mass is 16.3. The molecule has 1 heterocycles. The molecular weight excluding hydrogens is 294 g/mol. The van der Waals surface area contributed by atoms with Crippen LogP contribution in [0.5, 0.6) is 11.5 Å². The lowest BCUT2D eigenvalue weighted by Gasteiger charge is -2.19. The van der Waals surface area contributed by atoms with Crippen LogP contribution in [0.4, 0.5) is 5.82 Å². The minimum atomic E-state index is -0.555. The summed E-state index contributed by atoms with van der Waals surface area (Å²) in [7, 11) is 0. The summed E-state index contributed by atoms with van der Waals surface area (Å²) in [5.74, 6) is -0.703. The van der Waals surface area contributed by atoms with E-state index in [0.29, 0.717) is 17.9 Å². The molecule has 0 fully saturated rings. The second-order valence-corrected chi connectivity index (χ2v) is 5.48. The number of phenolic OH excluding ortho intramolecular Hbond substituents is 2. The molecule has 0 aliphatic heterocycles. The molecule has 122 valence electrons. The van der Waals surface area contributed by atoms with Gasteiger partial charge in [0.15, 0.2) is 0 Å². The molecule has 23 heavy (non-hydrogen) atoms. The van der Waals surface area contributed by atoms with Crippen molar-refractivity contribution in [1.29, 1.82) is 0 Å². The number of aromatic hydroxyl groups is 2. The average Bonchev–Trinajstić information content (AvgIpc) is 2.45. The first kappa shape index (κ1) is 16.6. The van der Waals surface area contributed by atoms with Crippen LogP contribution in [0, 0.1) is 6.92 Å². The number of carbonyl (C=O) groups excluding carboxylic acids is 1. The summed E-state index contributed by atoms with van der Waals surface area (Å²) in [5, 5.41) is 22.4. The van der Waals surface area contributed by atoms with Gasteiger partial charge in [0.2, 0.25) is 0 Å². The molecule has 0 saturated carbocycles. The van der Waals surface area contributed by atoms with Crippen molar-refractivity contribution in [2.45, 2.75) is 32.7 Å². The van der Waals surface area contributed by atoms with Gasteiger partial charge in [-0.3, -0.25) is 4.79 Å². The number of nitrogens with two attached hydrogens (primary N) is 1. The van der Waals surface area contributed by atoms with E-state index < -0.39 is 5.91 Å². The highest BCUT2D eigenvalue weighted by Crippen LogP contribution is 2.27. The Morgan fingerprint density at radius 1 is 1.30 bits per heavy atom. The molecule has 1 unspecified atom stereocenters. The van der Waals surface area contributed by atoms with Crippen molar-refractivity contribution < 1.29 is 15.0 Å². The van der Waals surface area contributed by atoms with Crippen LogP contribution in [0.15, 0.2) is 30.3 Å². The smallest absolute Gasteiger partial charge is 0.259 e. The monoisotopic (exact) mass is 315 g/mol. The number of rotatable bonds is 5. The molecule has 0 spiro atoms. The fraction of sp³-hybridized carbons (Fsp3) is 0.294. The quantitative estimate of drug-likeness (QED) is 0.678. The first-order valence-electron chi connectivity index (χ1n) is 7.48. The summed E-state index contributed by atoms with van der Waals surface area (Å²) in [6.45, 7) is 3.90. The van der Waals surface area contributed by atoms with Gasteiger partial charge >= 0.3 is 0 Å². The summed E-state index contributed by atoms with van der Waals surface area (Å²) >= 11 is 0. The van der Waals surface area contributed by atoms with E-state index in [1.165, 1.54) is 18.2 Å². The number of nitrogens with one attached hydrogen (secondary N) is 1. The zero-order chi connectivity index (χ0) is 17.0. The Kier molecular flexibility index (Phi) is 5.05. The highest BCUT2D eigenvalue weighted by Gasteiger charge is 2.21. The number of aryl methyl sites for hydroxylation is 1. The van der Waals surface area contributed by atoms with Gasteiger partial charge < -0.3 is 21.3 Å². The summed E-state index contributed by atoms with van der Waals surface area (Å²) in [4.78, 5) is 16.7. The summed E-state index contributed by atoms with van der Waals surface area (Å²) in [5.41, 5.74) is 7.25. The van der Waals surface area contributed by atoms with E-state index in [9.17, 15) is 15.0 Å². The maximum Gasteiger partial charge on any atom is 0.259 e. The van der Waals surface area contributed by atoms with Crippen molar-refractivity contribution in [3.05, 3.63) is 47.2 Å². The van der Waals surface area contributed by atoms with Gasteiger partial charge in [0.1, 0.15) is 22.9 Å². The molecule has 0 saturated heterocycles. The van der Waals surface area contributed by atoms with Crippen molar-refractivity contribution in [1.82, 2.24) is 10.3 Å². The van der Waals surface area contributed by atoms with Crippen LogP contribution in [-0.4, -0.2) is 21.1 Å². The van der Waals surface area contributed by atoms with Crippen molar-refractivity contribution in [2.75, 3.05) is 5.73 Å². The number of anilines is 1. The maximum atomic E-state index is 12.4. The zero-order valence-corrected chi connectivity index (χ0v) is 13.2. The Morgan fingerprint density at radius 2 is 1.96 bits per heavy atom. The molecule has 1 atom stereocenters. The number of amides is 1. The van der Waals surface area contributed by atoms with Gasteiger partial charge in [0.25, 0.3) is 5.91 Å². The number of pyridine rings is 1. The predicted octanol–water partition coefficient (Wildman–Crippen LogP) is 2.65. The topological polar surface area (TPSA) is 108 Å². The molecular formula is C17H21N3O3. The lowest BCUT2D eigenvalue weighted by atomic mass is 10.0. The fourth-order valence-electron chi connectivity index (χ4n) is 2.47. The Morgan fingerprint density at radius 3 is 2.52 bits per heavy atom. The molecule has 6 nitrogen and oxygen atoms in total. The third-order valence-corrected chi connectivity index (χ3v) is 3.50. The number of carbonyl (C=O) groups is 1.